The largest absolute Gasteiger partial charge is 0.455 e. The lowest BCUT2D eigenvalue weighted by Gasteiger charge is -2.19. The van der Waals surface area contributed by atoms with E-state index < -0.39 is 28.5 Å². The van der Waals surface area contributed by atoms with Crippen molar-refractivity contribution < 1.29 is 22.7 Å². The summed E-state index contributed by atoms with van der Waals surface area (Å²) in [5, 5.41) is 4.50. The van der Waals surface area contributed by atoms with Crippen molar-refractivity contribution in [3.05, 3.63) is 45.6 Å². The number of nitrogens with one attached hydrogen (secondary N) is 1. The molecule has 0 atom stereocenters. The Kier molecular flexibility index (Phi) is 7.99. The number of thiophene rings is 1. The van der Waals surface area contributed by atoms with Gasteiger partial charge in [-0.2, -0.15) is 4.31 Å². The van der Waals surface area contributed by atoms with E-state index >= 15 is 0 Å². The fourth-order valence-corrected chi connectivity index (χ4v) is 4.75. The van der Waals surface area contributed by atoms with Gasteiger partial charge in [0.05, 0.1) is 22.0 Å². The molecule has 0 unspecified atom stereocenters. The predicted octanol–water partition coefficient (Wildman–Crippen LogP) is 3.16. The fraction of sp³-hybridized carbons (Fsp3) is 0.333. The van der Waals surface area contributed by atoms with Crippen LogP contribution in [-0.4, -0.2) is 44.3 Å². The van der Waals surface area contributed by atoms with Gasteiger partial charge in [0.1, 0.15) is 0 Å². The first-order valence-corrected chi connectivity index (χ1v) is 11.2. The van der Waals surface area contributed by atoms with Crippen LogP contribution in [0.4, 0.5) is 5.69 Å². The average molecular weight is 445 g/mol. The molecular weight excluding hydrogens is 424 g/mol. The van der Waals surface area contributed by atoms with E-state index in [1.807, 2.05) is 11.4 Å². The highest BCUT2D eigenvalue weighted by molar-refractivity contribution is 7.89. The van der Waals surface area contributed by atoms with Gasteiger partial charge < -0.3 is 10.1 Å². The lowest BCUT2D eigenvalue weighted by molar-refractivity contribution is -0.146. The quantitative estimate of drug-likeness (QED) is 0.599. The van der Waals surface area contributed by atoms with Gasteiger partial charge in [0.15, 0.2) is 6.61 Å². The number of rotatable bonds is 9. The number of benzene rings is 1. The summed E-state index contributed by atoms with van der Waals surface area (Å²) in [6.45, 7) is 3.63. The van der Waals surface area contributed by atoms with Crippen LogP contribution in [0.3, 0.4) is 0 Å². The molecule has 2 rings (SSSR count). The van der Waals surface area contributed by atoms with Crippen LogP contribution in [0.25, 0.3) is 0 Å². The number of carbonyl (C=O) groups is 2. The number of ether oxygens (including phenoxy) is 1. The lowest BCUT2D eigenvalue weighted by atomic mass is 10.3. The number of hydrogen-bond acceptors (Lipinski definition) is 6. The summed E-state index contributed by atoms with van der Waals surface area (Å²) in [6, 6.07) is 7.69. The van der Waals surface area contributed by atoms with Crippen LogP contribution in [-0.2, 0) is 30.8 Å². The number of halogens is 1. The molecule has 7 nitrogen and oxygen atoms in total. The minimum Gasteiger partial charge on any atom is -0.455 e. The molecule has 0 aliphatic rings. The molecule has 10 heteroatoms. The third kappa shape index (κ3) is 5.78. The van der Waals surface area contributed by atoms with Gasteiger partial charge in [0.2, 0.25) is 10.0 Å². The third-order valence-corrected chi connectivity index (χ3v) is 7.07. The zero-order valence-electron chi connectivity index (χ0n) is 15.5. The minimum atomic E-state index is -3.69. The molecule has 1 amide bonds. The van der Waals surface area contributed by atoms with Gasteiger partial charge in [-0.3, -0.25) is 9.59 Å². The van der Waals surface area contributed by atoms with Crippen LogP contribution in [0.1, 0.15) is 18.7 Å². The van der Waals surface area contributed by atoms with Gasteiger partial charge in [0, 0.05) is 18.0 Å². The highest BCUT2D eigenvalue weighted by Crippen LogP contribution is 2.27. The van der Waals surface area contributed by atoms with Gasteiger partial charge in [-0.1, -0.05) is 31.5 Å². The van der Waals surface area contributed by atoms with Gasteiger partial charge in [-0.25, -0.2) is 8.42 Å². The van der Waals surface area contributed by atoms with Crippen LogP contribution in [0.5, 0.6) is 0 Å². The van der Waals surface area contributed by atoms with E-state index in [9.17, 15) is 18.0 Å². The van der Waals surface area contributed by atoms with Crippen LogP contribution < -0.4 is 5.32 Å². The second kappa shape index (κ2) is 10.0. The molecule has 0 saturated carbocycles. The Balaban J connectivity index is 2.03. The van der Waals surface area contributed by atoms with Gasteiger partial charge in [0.25, 0.3) is 5.91 Å². The number of amides is 1. The molecule has 152 valence electrons. The molecule has 0 saturated heterocycles. The summed E-state index contributed by atoms with van der Waals surface area (Å²) in [6.07, 6.45) is 0.0866. The molecule has 0 bridgehead atoms. The summed E-state index contributed by atoms with van der Waals surface area (Å²) >= 11 is 7.49. The van der Waals surface area contributed by atoms with Crippen LogP contribution in [0.2, 0.25) is 5.02 Å². The first-order valence-electron chi connectivity index (χ1n) is 8.55. The monoisotopic (exact) mass is 444 g/mol. The molecular formula is C18H21ClN2O5S2. The summed E-state index contributed by atoms with van der Waals surface area (Å²) in [4.78, 5) is 24.7. The van der Waals surface area contributed by atoms with E-state index in [2.05, 4.69) is 5.32 Å². The lowest BCUT2D eigenvalue weighted by Crippen LogP contribution is -2.30. The van der Waals surface area contributed by atoms with Crippen molar-refractivity contribution in [2.45, 2.75) is 25.2 Å². The van der Waals surface area contributed by atoms with E-state index in [1.54, 1.807) is 19.9 Å². The molecule has 1 aromatic carbocycles. The first-order chi connectivity index (χ1) is 13.3. The van der Waals surface area contributed by atoms with Gasteiger partial charge in [-0.05, 0) is 29.6 Å². The zero-order valence-corrected chi connectivity index (χ0v) is 17.9. The molecule has 1 aromatic heterocycles. The van der Waals surface area contributed by atoms with Crippen LogP contribution in [0, 0.1) is 0 Å². The average Bonchev–Trinajstić information content (AvgIpc) is 3.15. The molecule has 0 aliphatic heterocycles. The first kappa shape index (κ1) is 22.4. The summed E-state index contributed by atoms with van der Waals surface area (Å²) in [7, 11) is -3.69. The Hall–Kier alpha value is -1.94. The Labute approximate surface area is 173 Å². The van der Waals surface area contributed by atoms with Crippen LogP contribution >= 0.6 is 22.9 Å². The standard InChI is InChI=1S/C18H21ClN2O5S2/c1-3-21(4-2)28(24,25)14-7-8-15(19)16(11-14)20-17(22)12-26-18(23)10-13-6-5-9-27-13/h5-9,11H,3-4,10,12H2,1-2H3,(H,20,22). The smallest absolute Gasteiger partial charge is 0.311 e. The molecule has 0 aliphatic carbocycles. The molecule has 1 heterocycles. The molecule has 1 N–H and O–H groups in total. The summed E-state index contributed by atoms with van der Waals surface area (Å²) in [5.74, 6) is -1.14. The number of esters is 1. The summed E-state index contributed by atoms with van der Waals surface area (Å²) in [5.41, 5.74) is 0.134. The van der Waals surface area contributed by atoms with Crippen molar-refractivity contribution >= 4 is 50.5 Å². The Morgan fingerprint density at radius 2 is 1.93 bits per heavy atom. The van der Waals surface area contributed by atoms with Crippen molar-refractivity contribution in [1.82, 2.24) is 4.31 Å². The maximum atomic E-state index is 12.6. The summed E-state index contributed by atoms with van der Waals surface area (Å²) < 4.78 is 31.5. The normalized spacial score (nSPS) is 11.4. The fourth-order valence-electron chi connectivity index (χ4n) is 2.41. The van der Waals surface area contributed by atoms with E-state index in [0.717, 1.165) is 4.88 Å². The molecule has 2 aromatic rings. The van der Waals surface area contributed by atoms with E-state index in [4.69, 9.17) is 16.3 Å². The maximum absolute atomic E-state index is 12.6. The van der Waals surface area contributed by atoms with E-state index in [-0.39, 0.29) is 22.0 Å². The number of sulfonamides is 1. The highest BCUT2D eigenvalue weighted by atomic mass is 35.5. The number of nitrogens with zero attached hydrogens (tertiary/aromatic N) is 1. The van der Waals surface area contributed by atoms with Crippen molar-refractivity contribution in [3.8, 4) is 0 Å². The topological polar surface area (TPSA) is 92.8 Å². The molecule has 0 radical (unpaired) electrons. The Bertz CT molecular complexity index is 925. The molecule has 0 fully saturated rings. The molecule has 28 heavy (non-hydrogen) atoms. The second-order valence-corrected chi connectivity index (χ2v) is 9.07. The van der Waals surface area contributed by atoms with Crippen molar-refractivity contribution in [3.63, 3.8) is 0 Å². The highest BCUT2D eigenvalue weighted by Gasteiger charge is 2.23. The minimum absolute atomic E-state index is 0.0191. The number of carbonyl (C=O) groups excluding carboxylic acids is 2. The Morgan fingerprint density at radius 3 is 2.54 bits per heavy atom. The number of hydrogen-bond donors (Lipinski definition) is 1. The van der Waals surface area contributed by atoms with E-state index in [0.29, 0.717) is 13.1 Å². The second-order valence-electron chi connectivity index (χ2n) is 5.70. The zero-order chi connectivity index (χ0) is 20.7. The van der Waals surface area contributed by atoms with Crippen molar-refractivity contribution in [2.24, 2.45) is 0 Å². The third-order valence-electron chi connectivity index (χ3n) is 3.82. The molecule has 0 spiro atoms. The van der Waals surface area contributed by atoms with Gasteiger partial charge in [-0.15, -0.1) is 11.3 Å². The van der Waals surface area contributed by atoms with Crippen molar-refractivity contribution in [2.75, 3.05) is 25.0 Å². The van der Waals surface area contributed by atoms with Crippen LogP contribution in [0.15, 0.2) is 40.6 Å². The van der Waals surface area contributed by atoms with Gasteiger partial charge >= 0.3 is 5.97 Å². The Morgan fingerprint density at radius 1 is 1.21 bits per heavy atom. The SMILES string of the molecule is CCN(CC)S(=O)(=O)c1ccc(Cl)c(NC(=O)COC(=O)Cc2cccs2)c1. The number of anilines is 1. The van der Waals surface area contributed by atoms with Crippen molar-refractivity contribution in [1.29, 1.82) is 0 Å². The predicted molar refractivity (Wildman–Crippen MR) is 109 cm³/mol. The maximum Gasteiger partial charge on any atom is 0.311 e. The van der Waals surface area contributed by atoms with E-state index in [1.165, 1.54) is 33.8 Å².